The fourth-order valence-electron chi connectivity index (χ4n) is 1.38. The van der Waals surface area contributed by atoms with Crippen LogP contribution in [0.2, 0.25) is 0 Å². The minimum absolute atomic E-state index is 0.462. The molecule has 1 heterocycles. The summed E-state index contributed by atoms with van der Waals surface area (Å²) >= 11 is 0. The summed E-state index contributed by atoms with van der Waals surface area (Å²) in [5.41, 5.74) is 0.200. The molecular formula is C7H11O3P. The third-order valence-electron chi connectivity index (χ3n) is 1.85. The van der Waals surface area contributed by atoms with Gasteiger partial charge in [-0.1, -0.05) is 11.6 Å². The Hall–Kier alpha value is -0.560. The van der Waals surface area contributed by atoms with Gasteiger partial charge in [0.15, 0.2) is 0 Å². The molecule has 0 saturated carbocycles. The van der Waals surface area contributed by atoms with Gasteiger partial charge in [-0.05, 0) is 13.6 Å². The summed E-state index contributed by atoms with van der Waals surface area (Å²) < 4.78 is 11.6. The van der Waals surface area contributed by atoms with Crippen molar-refractivity contribution in [1.82, 2.24) is 0 Å². The van der Waals surface area contributed by atoms with E-state index >= 15 is 0 Å². The summed E-state index contributed by atoms with van der Waals surface area (Å²) in [6.45, 7) is 3.37. The molecule has 0 saturated heterocycles. The van der Waals surface area contributed by atoms with E-state index in [1.807, 2.05) is 6.92 Å². The molecule has 0 aliphatic carbocycles. The van der Waals surface area contributed by atoms with E-state index in [0.717, 1.165) is 5.57 Å². The third-order valence-corrected chi connectivity index (χ3v) is 4.52. The second-order valence-electron chi connectivity index (χ2n) is 3.13. The minimum atomic E-state index is -2.46. The van der Waals surface area contributed by atoms with E-state index in [9.17, 15) is 9.36 Å². The van der Waals surface area contributed by atoms with E-state index in [-0.39, 0.29) is 0 Å². The molecule has 0 aromatic rings. The maximum Gasteiger partial charge on any atom is 0.317 e. The van der Waals surface area contributed by atoms with Crippen molar-refractivity contribution < 1.29 is 14.5 Å². The van der Waals surface area contributed by atoms with E-state index in [1.54, 1.807) is 12.7 Å². The van der Waals surface area contributed by atoms with Gasteiger partial charge in [0.05, 0.1) is 0 Å². The molecule has 1 rings (SSSR count). The van der Waals surface area contributed by atoms with Crippen LogP contribution in [0.5, 0.6) is 0 Å². The van der Waals surface area contributed by atoms with Crippen LogP contribution in [0.4, 0.5) is 0 Å². The number of carboxylic acid groups (broad SMARTS) is 1. The SMILES string of the molecule is CC1=C[C@H](C(=O)O)[P@@](C)(=O)C1. The van der Waals surface area contributed by atoms with E-state index in [2.05, 4.69) is 0 Å². The number of aliphatic carboxylic acids is 1. The maximum absolute atomic E-state index is 11.6. The van der Waals surface area contributed by atoms with Crippen LogP contribution in [0.25, 0.3) is 0 Å². The summed E-state index contributed by atoms with van der Waals surface area (Å²) in [6.07, 6.45) is 2.06. The van der Waals surface area contributed by atoms with Crippen molar-refractivity contribution in [3.8, 4) is 0 Å². The highest BCUT2D eigenvalue weighted by Gasteiger charge is 2.37. The van der Waals surface area contributed by atoms with Crippen LogP contribution in [0.3, 0.4) is 0 Å². The summed E-state index contributed by atoms with van der Waals surface area (Å²) in [5, 5.41) is 8.65. The molecule has 0 fully saturated rings. The smallest absolute Gasteiger partial charge is 0.317 e. The lowest BCUT2D eigenvalue weighted by molar-refractivity contribution is -0.135. The fraction of sp³-hybridized carbons (Fsp3) is 0.571. The predicted molar refractivity (Wildman–Crippen MR) is 43.6 cm³/mol. The quantitative estimate of drug-likeness (QED) is 0.482. The first-order valence-electron chi connectivity index (χ1n) is 3.40. The van der Waals surface area contributed by atoms with E-state index < -0.39 is 18.8 Å². The molecule has 4 heteroatoms. The molecule has 2 atom stereocenters. The molecule has 0 bridgehead atoms. The third kappa shape index (κ3) is 1.54. The van der Waals surface area contributed by atoms with Crippen LogP contribution in [0.1, 0.15) is 6.92 Å². The van der Waals surface area contributed by atoms with E-state index in [0.29, 0.717) is 6.16 Å². The van der Waals surface area contributed by atoms with Crippen LogP contribution in [0.15, 0.2) is 11.6 Å². The van der Waals surface area contributed by atoms with Gasteiger partial charge in [0.2, 0.25) is 0 Å². The topological polar surface area (TPSA) is 54.4 Å². The molecule has 0 radical (unpaired) electrons. The molecule has 1 N–H and O–H groups in total. The van der Waals surface area contributed by atoms with Crippen LogP contribution in [-0.4, -0.2) is 29.6 Å². The first-order valence-corrected chi connectivity index (χ1v) is 5.80. The van der Waals surface area contributed by atoms with Gasteiger partial charge in [-0.15, -0.1) is 0 Å². The Bertz CT molecular complexity index is 267. The Kier molecular flexibility index (Phi) is 1.93. The van der Waals surface area contributed by atoms with Crippen molar-refractivity contribution in [3.05, 3.63) is 11.6 Å². The van der Waals surface area contributed by atoms with Crippen molar-refractivity contribution in [1.29, 1.82) is 0 Å². The standard InChI is InChI=1S/C7H11O3P/c1-5-3-6(7(8)9)11(2,10)4-5/h3,6H,4H2,1-2H3,(H,8,9)/t6-,11+/m1/s1. The van der Waals surface area contributed by atoms with Crippen molar-refractivity contribution in [2.75, 3.05) is 12.8 Å². The van der Waals surface area contributed by atoms with Gasteiger partial charge in [-0.2, -0.15) is 0 Å². The maximum atomic E-state index is 11.6. The van der Waals surface area contributed by atoms with E-state index in [4.69, 9.17) is 5.11 Å². The number of hydrogen-bond donors (Lipinski definition) is 1. The Balaban J connectivity index is 2.96. The lowest BCUT2D eigenvalue weighted by atomic mass is 10.3. The molecule has 62 valence electrons. The minimum Gasteiger partial charge on any atom is -0.480 e. The van der Waals surface area contributed by atoms with Crippen molar-refractivity contribution in [2.24, 2.45) is 0 Å². The largest absolute Gasteiger partial charge is 0.480 e. The monoisotopic (exact) mass is 174 g/mol. The molecule has 0 spiro atoms. The summed E-state index contributed by atoms with van der Waals surface area (Å²) in [6, 6.07) is 0. The Morgan fingerprint density at radius 3 is 2.55 bits per heavy atom. The molecule has 1 aliphatic heterocycles. The molecule has 0 aromatic carbocycles. The van der Waals surface area contributed by atoms with Crippen LogP contribution < -0.4 is 0 Å². The number of rotatable bonds is 1. The van der Waals surface area contributed by atoms with Gasteiger partial charge in [0.25, 0.3) is 0 Å². The normalized spacial score (nSPS) is 36.9. The van der Waals surface area contributed by atoms with Crippen LogP contribution >= 0.6 is 7.14 Å². The van der Waals surface area contributed by atoms with Gasteiger partial charge in [-0.3, -0.25) is 4.79 Å². The van der Waals surface area contributed by atoms with Crippen molar-refractivity contribution in [2.45, 2.75) is 12.6 Å². The number of carboxylic acids is 1. The first-order chi connectivity index (χ1) is 4.93. The molecule has 0 aromatic heterocycles. The van der Waals surface area contributed by atoms with Gasteiger partial charge in [0.1, 0.15) is 12.8 Å². The molecule has 11 heavy (non-hydrogen) atoms. The highest BCUT2D eigenvalue weighted by atomic mass is 31.2. The lowest BCUT2D eigenvalue weighted by Crippen LogP contribution is -2.14. The highest BCUT2D eigenvalue weighted by Crippen LogP contribution is 2.53. The Morgan fingerprint density at radius 2 is 2.36 bits per heavy atom. The van der Waals surface area contributed by atoms with Gasteiger partial charge < -0.3 is 9.67 Å². The predicted octanol–water partition coefficient (Wildman–Crippen LogP) is 1.39. The summed E-state index contributed by atoms with van der Waals surface area (Å²) in [5.74, 6) is -0.965. The molecule has 0 amide bonds. The molecule has 1 aliphatic rings. The Labute approximate surface area is 65.5 Å². The molecule has 0 unspecified atom stereocenters. The zero-order chi connectivity index (χ0) is 8.65. The number of carbonyl (C=O) groups is 1. The highest BCUT2D eigenvalue weighted by molar-refractivity contribution is 7.65. The first kappa shape index (κ1) is 8.54. The lowest BCUT2D eigenvalue weighted by Gasteiger charge is -2.09. The fourth-order valence-corrected chi connectivity index (χ4v) is 3.71. The number of hydrogen-bond acceptors (Lipinski definition) is 2. The second kappa shape index (κ2) is 2.49. The van der Waals surface area contributed by atoms with Gasteiger partial charge in [0, 0.05) is 6.16 Å². The van der Waals surface area contributed by atoms with Gasteiger partial charge >= 0.3 is 5.97 Å². The average molecular weight is 174 g/mol. The van der Waals surface area contributed by atoms with Crippen LogP contribution in [0, 0.1) is 0 Å². The number of allylic oxidation sites excluding steroid dienone is 1. The zero-order valence-corrected chi connectivity index (χ0v) is 7.47. The Morgan fingerprint density at radius 1 is 1.82 bits per heavy atom. The van der Waals surface area contributed by atoms with Crippen molar-refractivity contribution >= 4 is 13.1 Å². The van der Waals surface area contributed by atoms with Crippen molar-refractivity contribution in [3.63, 3.8) is 0 Å². The average Bonchev–Trinajstić information content (AvgIpc) is 2.04. The zero-order valence-electron chi connectivity index (χ0n) is 6.57. The second-order valence-corrected chi connectivity index (χ2v) is 6.35. The summed E-state index contributed by atoms with van der Waals surface area (Å²) in [7, 11) is -2.46. The van der Waals surface area contributed by atoms with Gasteiger partial charge in [-0.25, -0.2) is 0 Å². The van der Waals surface area contributed by atoms with Crippen LogP contribution in [-0.2, 0) is 9.36 Å². The summed E-state index contributed by atoms with van der Waals surface area (Å²) in [4.78, 5) is 10.5. The molecular weight excluding hydrogens is 163 g/mol. The van der Waals surface area contributed by atoms with E-state index in [1.165, 1.54) is 0 Å². The molecule has 3 nitrogen and oxygen atoms in total.